The first-order chi connectivity index (χ1) is 12.0. The molecule has 0 radical (unpaired) electrons. The third-order valence-corrected chi connectivity index (χ3v) is 5.39. The number of hydrogen-bond donors (Lipinski definition) is 1. The van der Waals surface area contributed by atoms with Gasteiger partial charge in [-0.3, -0.25) is 9.59 Å². The molecule has 0 aliphatic carbocycles. The largest absolute Gasteiger partial charge is 0.392 e. The summed E-state index contributed by atoms with van der Waals surface area (Å²) in [5.74, 6) is -0.797. The van der Waals surface area contributed by atoms with Gasteiger partial charge in [-0.1, -0.05) is 49.0 Å². The van der Waals surface area contributed by atoms with Gasteiger partial charge in [0.25, 0.3) is 0 Å². The molecular formula is C19H25NO4S. The first-order valence-electron chi connectivity index (χ1n) is 8.68. The average molecular weight is 363 g/mol. The van der Waals surface area contributed by atoms with Crippen LogP contribution >= 0.6 is 11.8 Å². The zero-order chi connectivity index (χ0) is 18.3. The van der Waals surface area contributed by atoms with Crippen LogP contribution in [0.4, 0.5) is 0 Å². The molecule has 136 valence electrons. The summed E-state index contributed by atoms with van der Waals surface area (Å²) in [6, 6.07) is 9.87. The smallest absolute Gasteiger partial charge is 0.334 e. The lowest BCUT2D eigenvalue weighted by molar-refractivity contribution is -0.164. The number of hydrogen-bond acceptors (Lipinski definition) is 6. The third-order valence-electron chi connectivity index (χ3n) is 4.58. The van der Waals surface area contributed by atoms with E-state index in [9.17, 15) is 14.4 Å². The van der Waals surface area contributed by atoms with E-state index in [4.69, 9.17) is 4.74 Å². The van der Waals surface area contributed by atoms with E-state index in [0.29, 0.717) is 12.2 Å². The molecule has 1 aliphatic rings. The predicted molar refractivity (Wildman–Crippen MR) is 98.3 cm³/mol. The van der Waals surface area contributed by atoms with Crippen LogP contribution in [0.1, 0.15) is 51.0 Å². The van der Waals surface area contributed by atoms with Crippen molar-refractivity contribution in [3.05, 3.63) is 35.9 Å². The Bertz CT molecular complexity index is 611. The molecule has 0 amide bonds. The molecular weight excluding hydrogens is 338 g/mol. The molecule has 1 saturated heterocycles. The van der Waals surface area contributed by atoms with Gasteiger partial charge in [-0.05, 0) is 31.4 Å². The molecule has 1 fully saturated rings. The van der Waals surface area contributed by atoms with Crippen molar-refractivity contribution >= 4 is 28.8 Å². The highest BCUT2D eigenvalue weighted by Crippen LogP contribution is 2.38. The fraction of sp³-hybridized carbons (Fsp3) is 0.526. The molecule has 2 rings (SSSR count). The Morgan fingerprint density at radius 2 is 2.00 bits per heavy atom. The maximum Gasteiger partial charge on any atom is 0.334 e. The van der Waals surface area contributed by atoms with Gasteiger partial charge >= 0.3 is 11.9 Å². The number of benzene rings is 1. The number of ether oxygens (including phenoxy) is 1. The Morgan fingerprint density at radius 3 is 2.56 bits per heavy atom. The monoisotopic (exact) mass is 363 g/mol. The minimum atomic E-state index is -0.862. The average Bonchev–Trinajstić information content (AvgIpc) is 3.07. The summed E-state index contributed by atoms with van der Waals surface area (Å²) in [7, 11) is 0. The van der Waals surface area contributed by atoms with Crippen molar-refractivity contribution in [1.82, 2.24) is 5.32 Å². The molecule has 1 aliphatic heterocycles. The number of nitrogens with one attached hydrogen (secondary N) is 1. The van der Waals surface area contributed by atoms with Gasteiger partial charge in [-0.25, -0.2) is 4.79 Å². The van der Waals surface area contributed by atoms with Crippen LogP contribution in [-0.4, -0.2) is 34.9 Å². The van der Waals surface area contributed by atoms with Crippen molar-refractivity contribution in [1.29, 1.82) is 0 Å². The summed E-state index contributed by atoms with van der Waals surface area (Å²) in [5.41, 5.74) is 0.204. The van der Waals surface area contributed by atoms with E-state index in [1.165, 1.54) is 6.92 Å². The van der Waals surface area contributed by atoms with Crippen LogP contribution < -0.4 is 5.32 Å². The molecule has 6 heteroatoms. The van der Waals surface area contributed by atoms with Gasteiger partial charge in [-0.2, -0.15) is 0 Å². The molecule has 0 saturated carbocycles. The predicted octanol–water partition coefficient (Wildman–Crippen LogP) is 3.04. The Hall–Kier alpha value is -1.66. The molecule has 0 aromatic heterocycles. The highest BCUT2D eigenvalue weighted by molar-refractivity contribution is 8.13. The normalized spacial score (nSPS) is 20.9. The highest BCUT2D eigenvalue weighted by Gasteiger charge is 2.49. The second-order valence-electron chi connectivity index (χ2n) is 6.22. The first kappa shape index (κ1) is 19.7. The second kappa shape index (κ2) is 9.15. The Morgan fingerprint density at radius 1 is 1.28 bits per heavy atom. The summed E-state index contributed by atoms with van der Waals surface area (Å²) in [6.07, 6.45) is 2.33. The number of thioether (sulfide) groups is 1. The SMILES string of the molecule is CCC(c1ccccc1)[C@]1(C(=O)OC(=O)CCSC(C)=O)CCCN1. The minimum absolute atomic E-state index is 0.0498. The van der Waals surface area contributed by atoms with Crippen LogP contribution in [0, 0.1) is 0 Å². The molecule has 0 spiro atoms. The van der Waals surface area contributed by atoms with Gasteiger partial charge < -0.3 is 10.1 Å². The van der Waals surface area contributed by atoms with E-state index in [1.54, 1.807) is 0 Å². The van der Waals surface area contributed by atoms with Crippen molar-refractivity contribution in [2.45, 2.75) is 51.0 Å². The molecule has 1 N–H and O–H groups in total. The molecule has 2 atom stereocenters. The van der Waals surface area contributed by atoms with E-state index in [0.717, 1.165) is 36.7 Å². The van der Waals surface area contributed by atoms with Crippen molar-refractivity contribution in [2.75, 3.05) is 12.3 Å². The van der Waals surface area contributed by atoms with Gasteiger partial charge in [0.1, 0.15) is 5.54 Å². The summed E-state index contributed by atoms with van der Waals surface area (Å²) < 4.78 is 5.16. The third kappa shape index (κ3) is 4.92. The standard InChI is InChI=1S/C19H25NO4S/c1-3-16(15-8-5-4-6-9-15)19(11-7-12-20-19)18(23)24-17(22)10-13-25-14(2)21/h4-6,8-9,16,20H,3,7,10-13H2,1-2H3/t16?,19-/m0/s1. The number of carbonyl (C=O) groups excluding carboxylic acids is 3. The van der Waals surface area contributed by atoms with Gasteiger partial charge in [0.15, 0.2) is 5.12 Å². The highest BCUT2D eigenvalue weighted by atomic mass is 32.2. The quantitative estimate of drug-likeness (QED) is 0.593. The zero-order valence-corrected chi connectivity index (χ0v) is 15.6. The van der Waals surface area contributed by atoms with Crippen LogP contribution in [0.3, 0.4) is 0 Å². The summed E-state index contributed by atoms with van der Waals surface area (Å²) >= 11 is 1.06. The van der Waals surface area contributed by atoms with Gasteiger partial charge in [0.05, 0.1) is 6.42 Å². The molecule has 25 heavy (non-hydrogen) atoms. The van der Waals surface area contributed by atoms with E-state index in [2.05, 4.69) is 5.32 Å². The second-order valence-corrected chi connectivity index (χ2v) is 7.50. The zero-order valence-electron chi connectivity index (χ0n) is 14.7. The Labute approximate surface area is 152 Å². The van der Waals surface area contributed by atoms with E-state index in [1.807, 2.05) is 37.3 Å². The Kier molecular flexibility index (Phi) is 7.20. The molecule has 1 heterocycles. The van der Waals surface area contributed by atoms with Crippen molar-refractivity contribution < 1.29 is 19.1 Å². The Balaban J connectivity index is 2.11. The van der Waals surface area contributed by atoms with Gasteiger partial charge in [0.2, 0.25) is 0 Å². The minimum Gasteiger partial charge on any atom is -0.392 e. The van der Waals surface area contributed by atoms with E-state index in [-0.39, 0.29) is 17.5 Å². The van der Waals surface area contributed by atoms with Crippen LogP contribution in [0.5, 0.6) is 0 Å². The molecule has 0 bridgehead atoms. The van der Waals surface area contributed by atoms with Crippen molar-refractivity contribution in [3.8, 4) is 0 Å². The maximum absolute atomic E-state index is 12.9. The summed E-state index contributed by atoms with van der Waals surface area (Å²) in [6.45, 7) is 4.22. The van der Waals surface area contributed by atoms with Crippen LogP contribution in [-0.2, 0) is 19.1 Å². The first-order valence-corrected chi connectivity index (χ1v) is 9.66. The fourth-order valence-electron chi connectivity index (χ4n) is 3.46. The number of carbonyl (C=O) groups is 3. The lowest BCUT2D eigenvalue weighted by Gasteiger charge is -2.35. The lowest BCUT2D eigenvalue weighted by Crippen LogP contribution is -2.53. The van der Waals surface area contributed by atoms with Crippen LogP contribution in [0.25, 0.3) is 0 Å². The fourth-order valence-corrected chi connectivity index (χ4v) is 4.01. The summed E-state index contributed by atoms with van der Waals surface area (Å²) in [5, 5.41) is 3.26. The topological polar surface area (TPSA) is 72.5 Å². The van der Waals surface area contributed by atoms with Crippen molar-refractivity contribution in [2.24, 2.45) is 0 Å². The number of esters is 2. The number of rotatable bonds is 7. The van der Waals surface area contributed by atoms with Crippen LogP contribution in [0.15, 0.2) is 30.3 Å². The van der Waals surface area contributed by atoms with Crippen LogP contribution in [0.2, 0.25) is 0 Å². The van der Waals surface area contributed by atoms with E-state index < -0.39 is 17.5 Å². The lowest BCUT2D eigenvalue weighted by atomic mass is 9.76. The van der Waals surface area contributed by atoms with E-state index >= 15 is 0 Å². The van der Waals surface area contributed by atoms with Crippen molar-refractivity contribution in [3.63, 3.8) is 0 Å². The molecule has 1 aromatic rings. The molecule has 5 nitrogen and oxygen atoms in total. The summed E-state index contributed by atoms with van der Waals surface area (Å²) in [4.78, 5) is 35.8. The molecule has 1 aromatic carbocycles. The van der Waals surface area contributed by atoms with Gasteiger partial charge in [0, 0.05) is 18.6 Å². The van der Waals surface area contributed by atoms with Gasteiger partial charge in [-0.15, -0.1) is 0 Å². The molecule has 1 unspecified atom stereocenters. The maximum atomic E-state index is 12.9.